The molecule has 0 spiro atoms. The first-order valence-electron chi connectivity index (χ1n) is 9.49. The SMILES string of the molecule is CC(C)CC(NC(=O)c1ccc(Cl)cc1)C(=O)N(C)Cc1nc2ccccc2s1. The zero-order valence-corrected chi connectivity index (χ0v) is 18.3. The predicted octanol–water partition coefficient (Wildman–Crippen LogP) is 4.75. The minimum atomic E-state index is -0.599. The molecule has 2 aromatic carbocycles. The summed E-state index contributed by atoms with van der Waals surface area (Å²) in [5.41, 5.74) is 1.41. The maximum Gasteiger partial charge on any atom is 0.251 e. The first-order chi connectivity index (χ1) is 13.8. The van der Waals surface area contributed by atoms with Crippen molar-refractivity contribution in [3.8, 4) is 0 Å². The van der Waals surface area contributed by atoms with Crippen molar-refractivity contribution in [2.24, 2.45) is 5.92 Å². The van der Waals surface area contributed by atoms with Gasteiger partial charge in [0.15, 0.2) is 0 Å². The van der Waals surface area contributed by atoms with E-state index < -0.39 is 6.04 Å². The van der Waals surface area contributed by atoms with Gasteiger partial charge in [-0.25, -0.2) is 4.98 Å². The topological polar surface area (TPSA) is 62.3 Å². The lowest BCUT2D eigenvalue weighted by atomic mass is 10.0. The number of fused-ring (bicyclic) bond motifs is 1. The number of likely N-dealkylation sites (N-methyl/N-ethyl adjacent to an activating group) is 1. The molecule has 0 saturated carbocycles. The Balaban J connectivity index is 1.71. The molecule has 3 aromatic rings. The lowest BCUT2D eigenvalue weighted by Crippen LogP contribution is -2.47. The zero-order valence-electron chi connectivity index (χ0n) is 16.7. The van der Waals surface area contributed by atoms with Crippen LogP contribution in [0.2, 0.25) is 5.02 Å². The largest absolute Gasteiger partial charge is 0.340 e. The van der Waals surface area contributed by atoms with E-state index in [2.05, 4.69) is 10.3 Å². The van der Waals surface area contributed by atoms with Crippen molar-refractivity contribution < 1.29 is 9.59 Å². The molecule has 5 nitrogen and oxygen atoms in total. The standard InChI is InChI=1S/C22H24ClN3O2S/c1-14(2)12-18(25-21(27)15-8-10-16(23)11-9-15)22(28)26(3)13-20-24-17-6-4-5-7-19(17)29-20/h4-11,14,18H,12-13H2,1-3H3,(H,25,27). The molecule has 1 aromatic heterocycles. The number of para-hydroxylation sites is 1. The lowest BCUT2D eigenvalue weighted by Gasteiger charge is -2.25. The summed E-state index contributed by atoms with van der Waals surface area (Å²) >= 11 is 7.47. The minimum absolute atomic E-state index is 0.125. The predicted molar refractivity (Wildman–Crippen MR) is 118 cm³/mol. The molecule has 1 atom stereocenters. The van der Waals surface area contributed by atoms with E-state index in [0.717, 1.165) is 15.2 Å². The Morgan fingerprint density at radius 1 is 1.14 bits per heavy atom. The molecule has 0 bridgehead atoms. The Morgan fingerprint density at radius 2 is 1.83 bits per heavy atom. The molecule has 0 fully saturated rings. The molecule has 0 aliphatic heterocycles. The second kappa shape index (κ2) is 9.37. The fraction of sp³-hybridized carbons (Fsp3) is 0.318. The number of hydrogen-bond acceptors (Lipinski definition) is 4. The number of thiazole rings is 1. The van der Waals surface area contributed by atoms with E-state index in [1.807, 2.05) is 38.1 Å². The first kappa shape index (κ1) is 21.3. The van der Waals surface area contributed by atoms with Crippen LogP contribution in [0.4, 0.5) is 0 Å². The Morgan fingerprint density at radius 3 is 2.48 bits per heavy atom. The van der Waals surface area contributed by atoms with Crippen molar-refractivity contribution in [2.75, 3.05) is 7.05 Å². The fourth-order valence-electron chi connectivity index (χ4n) is 3.07. The molecular formula is C22H24ClN3O2S. The Hall–Kier alpha value is -2.44. The van der Waals surface area contributed by atoms with Crippen molar-refractivity contribution in [3.63, 3.8) is 0 Å². The van der Waals surface area contributed by atoms with Gasteiger partial charge in [0.2, 0.25) is 5.91 Å². The first-order valence-corrected chi connectivity index (χ1v) is 10.7. The molecule has 1 heterocycles. The van der Waals surface area contributed by atoms with E-state index in [4.69, 9.17) is 11.6 Å². The summed E-state index contributed by atoms with van der Waals surface area (Å²) in [4.78, 5) is 31.9. The highest BCUT2D eigenvalue weighted by Gasteiger charge is 2.26. The average molecular weight is 430 g/mol. The van der Waals surface area contributed by atoms with Crippen LogP contribution in [-0.2, 0) is 11.3 Å². The van der Waals surface area contributed by atoms with Crippen LogP contribution in [0.25, 0.3) is 10.2 Å². The third-order valence-corrected chi connectivity index (χ3v) is 5.78. The zero-order chi connectivity index (χ0) is 21.0. The summed E-state index contributed by atoms with van der Waals surface area (Å²) in [6.45, 7) is 4.47. The second-order valence-electron chi connectivity index (χ2n) is 7.43. The van der Waals surface area contributed by atoms with E-state index in [0.29, 0.717) is 23.6 Å². The molecule has 3 rings (SSSR count). The van der Waals surface area contributed by atoms with Crippen molar-refractivity contribution in [1.82, 2.24) is 15.2 Å². The van der Waals surface area contributed by atoms with Crippen molar-refractivity contribution in [2.45, 2.75) is 32.9 Å². The average Bonchev–Trinajstić information content (AvgIpc) is 3.09. The maximum atomic E-state index is 13.1. The van der Waals surface area contributed by atoms with Gasteiger partial charge in [0.05, 0.1) is 16.8 Å². The molecule has 0 aliphatic carbocycles. The fourth-order valence-corrected chi connectivity index (χ4v) is 4.22. The maximum absolute atomic E-state index is 13.1. The van der Waals surface area contributed by atoms with Crippen molar-refractivity contribution >= 4 is 45.0 Å². The number of carbonyl (C=O) groups excluding carboxylic acids is 2. The summed E-state index contributed by atoms with van der Waals surface area (Å²) in [7, 11) is 1.75. The van der Waals surface area contributed by atoms with Gasteiger partial charge in [0.25, 0.3) is 5.91 Å². The summed E-state index contributed by atoms with van der Waals surface area (Å²) in [6.07, 6.45) is 0.558. The lowest BCUT2D eigenvalue weighted by molar-refractivity contribution is -0.132. The number of halogens is 1. The number of nitrogens with zero attached hydrogens (tertiary/aromatic N) is 2. The van der Waals surface area contributed by atoms with Gasteiger partial charge in [-0.15, -0.1) is 11.3 Å². The highest BCUT2D eigenvalue weighted by molar-refractivity contribution is 7.18. The van der Waals surface area contributed by atoms with Crippen LogP contribution in [0.1, 0.15) is 35.6 Å². The van der Waals surface area contributed by atoms with Crippen LogP contribution in [-0.4, -0.2) is 34.8 Å². The van der Waals surface area contributed by atoms with Gasteiger partial charge >= 0.3 is 0 Å². The third kappa shape index (κ3) is 5.55. The Kier molecular flexibility index (Phi) is 6.87. The number of nitrogens with one attached hydrogen (secondary N) is 1. The van der Waals surface area contributed by atoms with Crippen LogP contribution in [0.5, 0.6) is 0 Å². The molecule has 2 amide bonds. The van der Waals surface area contributed by atoms with Crippen LogP contribution in [0.15, 0.2) is 48.5 Å². The van der Waals surface area contributed by atoms with Gasteiger partial charge in [-0.2, -0.15) is 0 Å². The molecule has 7 heteroatoms. The van der Waals surface area contributed by atoms with Gasteiger partial charge in [0, 0.05) is 17.6 Å². The van der Waals surface area contributed by atoms with Crippen LogP contribution in [0, 0.1) is 5.92 Å². The number of amides is 2. The van der Waals surface area contributed by atoms with E-state index in [1.54, 1.807) is 47.5 Å². The highest BCUT2D eigenvalue weighted by atomic mass is 35.5. The number of aromatic nitrogens is 1. The summed E-state index contributed by atoms with van der Waals surface area (Å²) in [6, 6.07) is 13.9. The van der Waals surface area contributed by atoms with Gasteiger partial charge < -0.3 is 10.2 Å². The Bertz CT molecular complexity index is 968. The molecule has 0 radical (unpaired) electrons. The summed E-state index contributed by atoms with van der Waals surface area (Å²) in [5, 5.41) is 4.32. The van der Waals surface area contributed by atoms with Gasteiger partial charge in [-0.05, 0) is 48.7 Å². The molecular weight excluding hydrogens is 406 g/mol. The smallest absolute Gasteiger partial charge is 0.251 e. The molecule has 152 valence electrons. The number of benzene rings is 2. The number of rotatable bonds is 7. The summed E-state index contributed by atoms with van der Waals surface area (Å²) in [5.74, 6) is -0.153. The monoisotopic (exact) mass is 429 g/mol. The molecule has 1 N–H and O–H groups in total. The van der Waals surface area contributed by atoms with E-state index >= 15 is 0 Å². The minimum Gasteiger partial charge on any atom is -0.340 e. The van der Waals surface area contributed by atoms with Crippen LogP contribution >= 0.6 is 22.9 Å². The van der Waals surface area contributed by atoms with E-state index in [9.17, 15) is 9.59 Å². The van der Waals surface area contributed by atoms with Crippen molar-refractivity contribution in [1.29, 1.82) is 0 Å². The normalized spacial score (nSPS) is 12.2. The van der Waals surface area contributed by atoms with E-state index in [-0.39, 0.29) is 17.7 Å². The molecule has 0 saturated heterocycles. The van der Waals surface area contributed by atoms with E-state index in [1.165, 1.54) is 0 Å². The van der Waals surface area contributed by atoms with Crippen LogP contribution in [0.3, 0.4) is 0 Å². The highest BCUT2D eigenvalue weighted by Crippen LogP contribution is 2.23. The van der Waals surface area contributed by atoms with Gasteiger partial charge in [-0.1, -0.05) is 37.6 Å². The summed E-state index contributed by atoms with van der Waals surface area (Å²) < 4.78 is 1.10. The third-order valence-electron chi connectivity index (χ3n) is 4.50. The second-order valence-corrected chi connectivity index (χ2v) is 8.98. The molecule has 0 aliphatic rings. The quantitative estimate of drug-likeness (QED) is 0.589. The van der Waals surface area contributed by atoms with Gasteiger partial charge in [0.1, 0.15) is 11.0 Å². The van der Waals surface area contributed by atoms with Gasteiger partial charge in [-0.3, -0.25) is 9.59 Å². The molecule has 29 heavy (non-hydrogen) atoms. The van der Waals surface area contributed by atoms with Crippen molar-refractivity contribution in [3.05, 3.63) is 64.1 Å². The number of carbonyl (C=O) groups is 2. The Labute approximate surface area is 179 Å². The number of hydrogen-bond donors (Lipinski definition) is 1. The molecule has 1 unspecified atom stereocenters. The van der Waals surface area contributed by atoms with Crippen LogP contribution < -0.4 is 5.32 Å².